The van der Waals surface area contributed by atoms with Crippen LogP contribution in [0.3, 0.4) is 0 Å². The molecule has 1 saturated heterocycles. The van der Waals surface area contributed by atoms with Crippen LogP contribution in [0.15, 0.2) is 17.2 Å². The Morgan fingerprint density at radius 3 is 2.67 bits per heavy atom. The van der Waals surface area contributed by atoms with Crippen molar-refractivity contribution >= 4 is 21.8 Å². The largest absolute Gasteiger partial charge is 0.352 e. The number of sulfonamides is 1. The number of thioether (sulfide) groups is 1. The van der Waals surface area contributed by atoms with Crippen molar-refractivity contribution in [2.45, 2.75) is 11.4 Å². The van der Waals surface area contributed by atoms with Crippen LogP contribution in [0, 0.1) is 0 Å². The van der Waals surface area contributed by atoms with Crippen LogP contribution in [0.4, 0.5) is 0 Å². The Kier molecular flexibility index (Phi) is 4.37. The standard InChI is InChI=1S/C11H19N3O2S2/c1-12-8-10-7-11(9-13(10)2)18(15,16)14-3-5-17-6-4-14/h7,9,12H,3-6,8H2,1-2H3. The average molecular weight is 289 g/mol. The molecule has 0 amide bonds. The molecule has 2 heterocycles. The lowest BCUT2D eigenvalue weighted by Crippen LogP contribution is -2.37. The molecule has 1 fully saturated rings. The van der Waals surface area contributed by atoms with Gasteiger partial charge in [-0.25, -0.2) is 8.42 Å². The van der Waals surface area contributed by atoms with E-state index in [-0.39, 0.29) is 0 Å². The van der Waals surface area contributed by atoms with Crippen LogP contribution in [0.5, 0.6) is 0 Å². The second-order valence-electron chi connectivity index (χ2n) is 4.32. The Balaban J connectivity index is 2.26. The minimum absolute atomic E-state index is 0.405. The molecule has 0 atom stereocenters. The summed E-state index contributed by atoms with van der Waals surface area (Å²) in [4.78, 5) is 0.405. The van der Waals surface area contributed by atoms with E-state index in [1.165, 1.54) is 0 Å². The van der Waals surface area contributed by atoms with E-state index in [0.29, 0.717) is 24.5 Å². The Morgan fingerprint density at radius 1 is 1.39 bits per heavy atom. The number of hydrogen-bond donors (Lipinski definition) is 1. The monoisotopic (exact) mass is 289 g/mol. The highest BCUT2D eigenvalue weighted by Crippen LogP contribution is 2.21. The zero-order chi connectivity index (χ0) is 13.2. The van der Waals surface area contributed by atoms with Gasteiger partial charge in [0.15, 0.2) is 0 Å². The van der Waals surface area contributed by atoms with Gasteiger partial charge in [-0.1, -0.05) is 0 Å². The molecule has 1 aromatic rings. The summed E-state index contributed by atoms with van der Waals surface area (Å²) in [5, 5.41) is 3.04. The van der Waals surface area contributed by atoms with Gasteiger partial charge in [0.1, 0.15) is 4.90 Å². The summed E-state index contributed by atoms with van der Waals surface area (Å²) >= 11 is 1.81. The van der Waals surface area contributed by atoms with Crippen molar-refractivity contribution < 1.29 is 8.42 Å². The molecule has 1 aliphatic rings. The first-order chi connectivity index (χ1) is 8.55. The SMILES string of the molecule is CNCc1cc(S(=O)(=O)N2CCSCC2)cn1C. The molecule has 0 radical (unpaired) electrons. The van der Waals surface area contributed by atoms with Crippen molar-refractivity contribution in [2.24, 2.45) is 7.05 Å². The topological polar surface area (TPSA) is 54.3 Å². The quantitative estimate of drug-likeness (QED) is 0.876. The maximum atomic E-state index is 12.4. The number of nitrogens with one attached hydrogen (secondary N) is 1. The van der Waals surface area contributed by atoms with E-state index in [2.05, 4.69) is 5.32 Å². The van der Waals surface area contributed by atoms with E-state index >= 15 is 0 Å². The Bertz CT molecular complexity index is 504. The molecule has 0 aromatic carbocycles. The molecule has 102 valence electrons. The van der Waals surface area contributed by atoms with Gasteiger partial charge >= 0.3 is 0 Å². The van der Waals surface area contributed by atoms with Crippen molar-refractivity contribution in [2.75, 3.05) is 31.6 Å². The maximum absolute atomic E-state index is 12.4. The first-order valence-corrected chi connectivity index (χ1v) is 8.53. The van der Waals surface area contributed by atoms with Crippen LogP contribution in [0.1, 0.15) is 5.69 Å². The molecule has 0 saturated carbocycles. The third-order valence-corrected chi connectivity index (χ3v) is 5.85. The number of nitrogens with zero attached hydrogens (tertiary/aromatic N) is 2. The summed E-state index contributed by atoms with van der Waals surface area (Å²) in [5.74, 6) is 1.77. The first kappa shape index (κ1) is 13.9. The zero-order valence-corrected chi connectivity index (χ0v) is 12.4. The zero-order valence-electron chi connectivity index (χ0n) is 10.7. The van der Waals surface area contributed by atoms with Gasteiger partial charge < -0.3 is 9.88 Å². The second kappa shape index (κ2) is 5.64. The van der Waals surface area contributed by atoms with Crippen LogP contribution in [-0.4, -0.2) is 48.9 Å². The van der Waals surface area contributed by atoms with E-state index in [9.17, 15) is 8.42 Å². The van der Waals surface area contributed by atoms with Crippen LogP contribution in [0.25, 0.3) is 0 Å². The highest BCUT2D eigenvalue weighted by molar-refractivity contribution is 7.99. The average Bonchev–Trinajstić information content (AvgIpc) is 2.73. The Morgan fingerprint density at radius 2 is 2.06 bits per heavy atom. The van der Waals surface area contributed by atoms with Crippen LogP contribution in [0.2, 0.25) is 0 Å². The minimum atomic E-state index is -3.31. The van der Waals surface area contributed by atoms with Gasteiger partial charge in [-0.3, -0.25) is 0 Å². The maximum Gasteiger partial charge on any atom is 0.244 e. The lowest BCUT2D eigenvalue weighted by Gasteiger charge is -2.24. The van der Waals surface area contributed by atoms with Gasteiger partial charge in [-0.05, 0) is 13.1 Å². The molecule has 5 nitrogen and oxygen atoms in total. The molecule has 18 heavy (non-hydrogen) atoms. The summed E-state index contributed by atoms with van der Waals surface area (Å²) in [7, 11) is 0.412. The van der Waals surface area contributed by atoms with Gasteiger partial charge in [0, 0.05) is 50.1 Å². The third-order valence-electron chi connectivity index (χ3n) is 3.05. The molecular weight excluding hydrogens is 270 g/mol. The fourth-order valence-electron chi connectivity index (χ4n) is 2.01. The molecule has 2 rings (SSSR count). The van der Waals surface area contributed by atoms with Crippen LogP contribution < -0.4 is 5.32 Å². The van der Waals surface area contributed by atoms with Crippen molar-refractivity contribution in [3.05, 3.63) is 18.0 Å². The fraction of sp³-hybridized carbons (Fsp3) is 0.636. The second-order valence-corrected chi connectivity index (χ2v) is 7.49. The Hall–Kier alpha value is -0.500. The van der Waals surface area contributed by atoms with Gasteiger partial charge in [0.25, 0.3) is 0 Å². The summed E-state index contributed by atoms with van der Waals surface area (Å²) in [6, 6.07) is 1.76. The van der Waals surface area contributed by atoms with Crippen LogP contribution >= 0.6 is 11.8 Å². The molecule has 7 heteroatoms. The van der Waals surface area contributed by atoms with E-state index in [1.807, 2.05) is 18.7 Å². The van der Waals surface area contributed by atoms with Crippen molar-refractivity contribution in [1.29, 1.82) is 0 Å². The molecule has 0 unspecified atom stereocenters. The van der Waals surface area contributed by atoms with Gasteiger partial charge in [-0.2, -0.15) is 16.1 Å². The van der Waals surface area contributed by atoms with Crippen LogP contribution in [-0.2, 0) is 23.6 Å². The number of aromatic nitrogens is 1. The van der Waals surface area contributed by atoms with Gasteiger partial charge in [0.2, 0.25) is 10.0 Å². The van der Waals surface area contributed by atoms with Crippen molar-refractivity contribution in [3.63, 3.8) is 0 Å². The Labute approximate surface area is 113 Å². The lowest BCUT2D eigenvalue weighted by molar-refractivity contribution is 0.443. The molecule has 0 spiro atoms. The first-order valence-electron chi connectivity index (χ1n) is 5.93. The third kappa shape index (κ3) is 2.74. The molecule has 1 N–H and O–H groups in total. The highest BCUT2D eigenvalue weighted by Gasteiger charge is 2.27. The molecule has 1 aliphatic heterocycles. The summed E-state index contributed by atoms with van der Waals surface area (Å²) in [6.45, 7) is 1.90. The minimum Gasteiger partial charge on any atom is -0.352 e. The smallest absolute Gasteiger partial charge is 0.244 e. The van der Waals surface area contributed by atoms with E-state index in [4.69, 9.17) is 0 Å². The summed E-state index contributed by atoms with van der Waals surface area (Å²) in [6.07, 6.45) is 1.70. The number of aryl methyl sites for hydroxylation is 1. The molecular formula is C11H19N3O2S2. The van der Waals surface area contributed by atoms with E-state index in [0.717, 1.165) is 17.2 Å². The number of rotatable bonds is 4. The highest BCUT2D eigenvalue weighted by atomic mass is 32.2. The molecule has 0 bridgehead atoms. The predicted octanol–water partition coefficient (Wildman–Crippen LogP) is 0.482. The van der Waals surface area contributed by atoms with Gasteiger partial charge in [0.05, 0.1) is 0 Å². The summed E-state index contributed by atoms with van der Waals surface area (Å²) in [5.41, 5.74) is 0.974. The van der Waals surface area contributed by atoms with Crippen molar-refractivity contribution in [3.8, 4) is 0 Å². The fourth-order valence-corrected chi connectivity index (χ4v) is 4.68. The predicted molar refractivity (Wildman–Crippen MR) is 74.3 cm³/mol. The number of hydrogen-bond acceptors (Lipinski definition) is 4. The van der Waals surface area contributed by atoms with E-state index < -0.39 is 10.0 Å². The lowest BCUT2D eigenvalue weighted by atomic mass is 10.4. The molecule has 1 aromatic heterocycles. The van der Waals surface area contributed by atoms with Crippen molar-refractivity contribution in [1.82, 2.24) is 14.2 Å². The van der Waals surface area contributed by atoms with Gasteiger partial charge in [-0.15, -0.1) is 0 Å². The summed E-state index contributed by atoms with van der Waals surface area (Å²) < 4.78 is 28.3. The normalized spacial score (nSPS) is 18.1. The molecule has 0 aliphatic carbocycles. The van der Waals surface area contributed by atoms with E-state index in [1.54, 1.807) is 28.3 Å².